The molecule has 11 heteroatoms. The van der Waals surface area contributed by atoms with Crippen LogP contribution < -0.4 is 16.0 Å². The molecule has 0 heterocycles. The Hall–Kier alpha value is -2.93. The summed E-state index contributed by atoms with van der Waals surface area (Å²) in [6, 6.07) is 7.07. The van der Waals surface area contributed by atoms with E-state index in [0.29, 0.717) is 13.0 Å². The van der Waals surface area contributed by atoms with Gasteiger partial charge in [-0.15, -0.1) is 24.7 Å². The Labute approximate surface area is 257 Å². The summed E-state index contributed by atoms with van der Waals surface area (Å²) in [7, 11) is -0.629. The normalized spacial score (nSPS) is 17.6. The van der Waals surface area contributed by atoms with E-state index in [-0.39, 0.29) is 31.7 Å². The van der Waals surface area contributed by atoms with Gasteiger partial charge in [0.05, 0.1) is 23.8 Å². The number of hydrogen-bond acceptors (Lipinski definition) is 7. The maximum atomic E-state index is 13.6. The van der Waals surface area contributed by atoms with Crippen LogP contribution in [0.1, 0.15) is 56.9 Å². The smallest absolute Gasteiger partial charge is 0.243 e. The van der Waals surface area contributed by atoms with Gasteiger partial charge in [0.15, 0.2) is 0 Å². The Bertz CT molecular complexity index is 1190. The predicted molar refractivity (Wildman–Crippen MR) is 168 cm³/mol. The molecule has 2 amide bonds. The molecule has 1 saturated carbocycles. The standard InChI is InChI=1S/C32H48N4O6S/c1-5-13-27(32(40)35-28(30(38)29(37)14-6-2)22-25-17-11-8-12-18-25)34-31(39)26(21-24-15-9-7-10-16-24)23-43(41,42)36(4)20-19-33-3/h1-2,7,9-10,15-16,25-30,33,37-38H,8,11-14,17-23H2,3-4H3,(H,34,39)(H,35,40). The van der Waals surface area contributed by atoms with E-state index in [9.17, 15) is 28.2 Å². The number of carbonyl (C=O) groups is 2. The summed E-state index contributed by atoms with van der Waals surface area (Å²) in [5.74, 6) is 2.30. The van der Waals surface area contributed by atoms with E-state index >= 15 is 0 Å². The van der Waals surface area contributed by atoms with Crippen molar-refractivity contribution in [1.82, 2.24) is 20.3 Å². The number of hydrogen-bond donors (Lipinski definition) is 5. The highest BCUT2D eigenvalue weighted by Gasteiger charge is 2.34. The van der Waals surface area contributed by atoms with Crippen molar-refractivity contribution >= 4 is 21.8 Å². The van der Waals surface area contributed by atoms with Crippen LogP contribution in [0.15, 0.2) is 30.3 Å². The SMILES string of the molecule is C#CCC(NC(=O)C(Cc1ccccc1)CS(=O)(=O)N(C)CCNC)C(=O)NC(CC1CCCCC1)C(O)C(O)CC#C. The maximum Gasteiger partial charge on any atom is 0.243 e. The molecule has 1 aromatic carbocycles. The largest absolute Gasteiger partial charge is 0.389 e. The minimum absolute atomic E-state index is 0.0822. The van der Waals surface area contributed by atoms with Crippen LogP contribution in [0.4, 0.5) is 0 Å². The van der Waals surface area contributed by atoms with E-state index in [2.05, 4.69) is 27.8 Å². The highest BCUT2D eigenvalue weighted by atomic mass is 32.2. The van der Waals surface area contributed by atoms with Gasteiger partial charge < -0.3 is 26.2 Å². The van der Waals surface area contributed by atoms with Gasteiger partial charge in [0, 0.05) is 33.0 Å². The van der Waals surface area contributed by atoms with Gasteiger partial charge in [-0.25, -0.2) is 12.7 Å². The first-order valence-corrected chi connectivity index (χ1v) is 16.6. The van der Waals surface area contributed by atoms with Crippen LogP contribution in [0.25, 0.3) is 0 Å². The van der Waals surface area contributed by atoms with Crippen LogP contribution in [0.3, 0.4) is 0 Å². The number of benzene rings is 1. The highest BCUT2D eigenvalue weighted by molar-refractivity contribution is 7.89. The molecule has 0 saturated heterocycles. The van der Waals surface area contributed by atoms with Gasteiger partial charge in [0.2, 0.25) is 21.8 Å². The quantitative estimate of drug-likeness (QED) is 0.155. The number of aliphatic hydroxyl groups excluding tert-OH is 2. The van der Waals surface area contributed by atoms with E-state index < -0.39 is 57.8 Å². The number of rotatable bonds is 18. The molecule has 0 radical (unpaired) electrons. The molecule has 0 spiro atoms. The van der Waals surface area contributed by atoms with Gasteiger partial charge in [-0.3, -0.25) is 9.59 Å². The lowest BCUT2D eigenvalue weighted by Gasteiger charge is -2.33. The third-order valence-electron chi connectivity index (χ3n) is 7.99. The summed E-state index contributed by atoms with van der Waals surface area (Å²) < 4.78 is 27.5. The van der Waals surface area contributed by atoms with Gasteiger partial charge in [0.25, 0.3) is 0 Å². The second-order valence-electron chi connectivity index (χ2n) is 11.4. The van der Waals surface area contributed by atoms with E-state index in [1.165, 1.54) is 11.4 Å². The van der Waals surface area contributed by atoms with E-state index in [1.54, 1.807) is 19.2 Å². The van der Waals surface area contributed by atoms with Gasteiger partial charge in [-0.2, -0.15) is 0 Å². The van der Waals surface area contributed by atoms with Crippen LogP contribution in [0, 0.1) is 36.5 Å². The summed E-state index contributed by atoms with van der Waals surface area (Å²) in [6.07, 6.45) is 13.8. The van der Waals surface area contributed by atoms with Crippen molar-refractivity contribution in [3.05, 3.63) is 35.9 Å². The van der Waals surface area contributed by atoms with Crippen LogP contribution in [0.2, 0.25) is 0 Å². The molecule has 5 N–H and O–H groups in total. The molecular formula is C32H48N4O6S. The third-order valence-corrected chi connectivity index (χ3v) is 9.94. The van der Waals surface area contributed by atoms with E-state index in [4.69, 9.17) is 12.8 Å². The molecule has 1 fully saturated rings. The van der Waals surface area contributed by atoms with Crippen molar-refractivity contribution < 1.29 is 28.2 Å². The fourth-order valence-corrected chi connectivity index (χ4v) is 6.79. The maximum absolute atomic E-state index is 13.6. The molecule has 0 bridgehead atoms. The average molecular weight is 617 g/mol. The third kappa shape index (κ3) is 12.3. The Kier molecular flexibility index (Phi) is 15.7. The fourth-order valence-electron chi connectivity index (χ4n) is 5.39. The number of carbonyl (C=O) groups excluding carboxylic acids is 2. The summed E-state index contributed by atoms with van der Waals surface area (Å²) in [4.78, 5) is 27.1. The molecule has 2 rings (SSSR count). The predicted octanol–water partition coefficient (Wildman–Crippen LogP) is 1.03. The van der Waals surface area contributed by atoms with Crippen molar-refractivity contribution in [2.75, 3.05) is 32.9 Å². The lowest BCUT2D eigenvalue weighted by atomic mass is 9.82. The molecule has 5 atom stereocenters. The Morgan fingerprint density at radius 1 is 1.02 bits per heavy atom. The average Bonchev–Trinajstić information content (AvgIpc) is 2.99. The van der Waals surface area contributed by atoms with Crippen molar-refractivity contribution in [1.29, 1.82) is 0 Å². The summed E-state index contributed by atoms with van der Waals surface area (Å²) in [5, 5.41) is 29.7. The molecule has 1 aliphatic carbocycles. The van der Waals surface area contributed by atoms with Gasteiger partial charge in [-0.1, -0.05) is 62.4 Å². The van der Waals surface area contributed by atoms with Gasteiger partial charge in [-0.05, 0) is 31.4 Å². The molecular weight excluding hydrogens is 568 g/mol. The summed E-state index contributed by atoms with van der Waals surface area (Å²) in [6.45, 7) is 0.677. The Balaban J connectivity index is 2.25. The van der Waals surface area contributed by atoms with E-state index in [1.807, 2.05) is 18.2 Å². The zero-order valence-electron chi connectivity index (χ0n) is 25.4. The summed E-state index contributed by atoms with van der Waals surface area (Å²) >= 11 is 0. The molecule has 10 nitrogen and oxygen atoms in total. The van der Waals surface area contributed by atoms with Crippen molar-refractivity contribution in [3.8, 4) is 24.7 Å². The van der Waals surface area contributed by atoms with Crippen LogP contribution >= 0.6 is 0 Å². The molecule has 5 unspecified atom stereocenters. The number of nitrogens with zero attached hydrogens (tertiary/aromatic N) is 1. The fraction of sp³-hybridized carbons (Fsp3) is 0.625. The molecule has 238 valence electrons. The van der Waals surface area contributed by atoms with Crippen molar-refractivity contribution in [2.24, 2.45) is 11.8 Å². The monoisotopic (exact) mass is 616 g/mol. The number of aliphatic hydroxyl groups is 2. The highest BCUT2D eigenvalue weighted by Crippen LogP contribution is 2.28. The number of nitrogens with one attached hydrogen (secondary N) is 3. The lowest BCUT2D eigenvalue weighted by molar-refractivity contribution is -0.132. The van der Waals surface area contributed by atoms with Crippen LogP contribution in [-0.2, 0) is 26.0 Å². The first-order valence-electron chi connectivity index (χ1n) is 15.0. The first-order chi connectivity index (χ1) is 20.5. The van der Waals surface area contributed by atoms with Crippen molar-refractivity contribution in [2.45, 2.75) is 82.1 Å². The topological polar surface area (TPSA) is 148 Å². The Morgan fingerprint density at radius 3 is 2.28 bits per heavy atom. The number of likely N-dealkylation sites (N-methyl/N-ethyl adjacent to an activating group) is 2. The first kappa shape index (κ1) is 36.3. The molecule has 0 aromatic heterocycles. The van der Waals surface area contributed by atoms with Crippen LogP contribution in [0.5, 0.6) is 0 Å². The summed E-state index contributed by atoms with van der Waals surface area (Å²) in [5.41, 5.74) is 0.770. The Morgan fingerprint density at radius 2 is 1.67 bits per heavy atom. The molecule has 1 aromatic rings. The van der Waals surface area contributed by atoms with Crippen molar-refractivity contribution in [3.63, 3.8) is 0 Å². The number of sulfonamides is 1. The molecule has 1 aliphatic rings. The molecule has 0 aliphatic heterocycles. The lowest BCUT2D eigenvalue weighted by Crippen LogP contribution is -2.56. The van der Waals surface area contributed by atoms with Gasteiger partial charge in [0.1, 0.15) is 12.1 Å². The number of amides is 2. The molecule has 43 heavy (non-hydrogen) atoms. The van der Waals surface area contributed by atoms with Crippen LogP contribution in [-0.4, -0.2) is 92.0 Å². The minimum atomic E-state index is -3.81. The number of terminal acetylenes is 2. The second-order valence-corrected chi connectivity index (χ2v) is 13.5. The zero-order chi connectivity index (χ0) is 31.8. The van der Waals surface area contributed by atoms with Gasteiger partial charge >= 0.3 is 0 Å². The second kappa shape index (κ2) is 18.7. The minimum Gasteiger partial charge on any atom is -0.389 e. The van der Waals surface area contributed by atoms with E-state index in [0.717, 1.165) is 37.7 Å². The zero-order valence-corrected chi connectivity index (χ0v) is 26.2.